The molecule has 0 aliphatic rings. The number of nitrogens with one attached hydrogen (secondary N) is 1. The summed E-state index contributed by atoms with van der Waals surface area (Å²) in [7, 11) is 0. The Bertz CT molecular complexity index is 276. The summed E-state index contributed by atoms with van der Waals surface area (Å²) in [5, 5.41) is 3.41. The van der Waals surface area contributed by atoms with Gasteiger partial charge < -0.3 is 0 Å². The van der Waals surface area contributed by atoms with Crippen LogP contribution in [0.2, 0.25) is 0 Å². The zero-order chi connectivity index (χ0) is 10.8. The molecule has 1 rings (SSSR count). The SMILES string of the molecule is C/C=C(/Cc1ccccc1)N=N.CC. The van der Waals surface area contributed by atoms with Gasteiger partial charge in [-0.15, -0.1) is 0 Å². The Morgan fingerprint density at radius 1 is 1.29 bits per heavy atom. The van der Waals surface area contributed by atoms with Gasteiger partial charge in [-0.2, -0.15) is 5.11 Å². The normalized spacial score (nSPS) is 10.1. The number of hydrogen-bond donors (Lipinski definition) is 1. The predicted molar refractivity (Wildman–Crippen MR) is 60.4 cm³/mol. The molecule has 0 amide bonds. The highest BCUT2D eigenvalue weighted by Crippen LogP contribution is 2.07. The summed E-state index contributed by atoms with van der Waals surface area (Å²) < 4.78 is 0. The van der Waals surface area contributed by atoms with Gasteiger partial charge >= 0.3 is 0 Å². The van der Waals surface area contributed by atoms with Crippen LogP contribution in [0.4, 0.5) is 0 Å². The fraction of sp³-hybridized carbons (Fsp3) is 0.333. The van der Waals surface area contributed by atoms with Crippen molar-refractivity contribution in [3.63, 3.8) is 0 Å². The summed E-state index contributed by atoms with van der Waals surface area (Å²) in [6.07, 6.45) is 2.61. The van der Waals surface area contributed by atoms with E-state index in [4.69, 9.17) is 5.53 Å². The zero-order valence-corrected chi connectivity index (χ0v) is 9.12. The first-order valence-corrected chi connectivity index (χ1v) is 4.93. The third kappa shape index (κ3) is 4.55. The Morgan fingerprint density at radius 2 is 1.86 bits per heavy atom. The molecule has 0 aromatic heterocycles. The number of rotatable bonds is 3. The van der Waals surface area contributed by atoms with Gasteiger partial charge in [0.05, 0.1) is 5.70 Å². The molecule has 1 aromatic carbocycles. The molecular weight excluding hydrogens is 172 g/mol. The highest BCUT2D eigenvalue weighted by atomic mass is 15.0. The fourth-order valence-corrected chi connectivity index (χ4v) is 1.01. The van der Waals surface area contributed by atoms with Crippen LogP contribution >= 0.6 is 0 Å². The summed E-state index contributed by atoms with van der Waals surface area (Å²) in [5.41, 5.74) is 8.87. The van der Waals surface area contributed by atoms with Gasteiger partial charge in [0.1, 0.15) is 0 Å². The lowest BCUT2D eigenvalue weighted by Gasteiger charge is -1.98. The van der Waals surface area contributed by atoms with Crippen LogP contribution in [0.25, 0.3) is 0 Å². The second-order valence-electron chi connectivity index (χ2n) is 2.55. The van der Waals surface area contributed by atoms with E-state index in [1.165, 1.54) is 5.56 Å². The van der Waals surface area contributed by atoms with Crippen molar-refractivity contribution in [2.75, 3.05) is 0 Å². The average Bonchev–Trinajstić information content (AvgIpc) is 2.30. The van der Waals surface area contributed by atoms with Crippen molar-refractivity contribution in [1.29, 1.82) is 5.53 Å². The Kier molecular flexibility index (Phi) is 7.33. The summed E-state index contributed by atoms with van der Waals surface area (Å²) in [6, 6.07) is 10.0. The van der Waals surface area contributed by atoms with Crippen molar-refractivity contribution in [3.05, 3.63) is 47.7 Å². The van der Waals surface area contributed by atoms with Crippen LogP contribution < -0.4 is 0 Å². The first-order valence-electron chi connectivity index (χ1n) is 4.93. The van der Waals surface area contributed by atoms with E-state index in [1.807, 2.05) is 57.2 Å². The summed E-state index contributed by atoms with van der Waals surface area (Å²) in [6.45, 7) is 5.90. The predicted octanol–water partition coefficient (Wildman–Crippen LogP) is 4.19. The lowest BCUT2D eigenvalue weighted by molar-refractivity contribution is 0.980. The molecule has 0 fully saturated rings. The van der Waals surface area contributed by atoms with Crippen molar-refractivity contribution in [3.8, 4) is 0 Å². The molecule has 0 unspecified atom stereocenters. The first kappa shape index (κ1) is 12.6. The molecule has 0 aliphatic heterocycles. The molecule has 1 N–H and O–H groups in total. The van der Waals surface area contributed by atoms with Gasteiger partial charge in [-0.1, -0.05) is 50.3 Å². The standard InChI is InChI=1S/C10H12N2.C2H6/c1-2-10(12-11)8-9-6-4-3-5-7-9;1-2/h2-7,11H,8H2,1H3;1-2H3/b10-2-,12-11?;. The van der Waals surface area contributed by atoms with Crippen molar-refractivity contribution in [2.45, 2.75) is 27.2 Å². The van der Waals surface area contributed by atoms with Crippen molar-refractivity contribution in [1.82, 2.24) is 0 Å². The molecule has 1 aromatic rings. The van der Waals surface area contributed by atoms with E-state index in [1.54, 1.807) is 0 Å². The molecule has 0 saturated heterocycles. The van der Waals surface area contributed by atoms with Gasteiger partial charge in [0.2, 0.25) is 0 Å². The number of hydrogen-bond acceptors (Lipinski definition) is 2. The van der Waals surface area contributed by atoms with E-state index in [-0.39, 0.29) is 0 Å². The molecule has 0 aliphatic carbocycles. The molecule has 0 heterocycles. The summed E-state index contributed by atoms with van der Waals surface area (Å²) >= 11 is 0. The molecule has 0 spiro atoms. The van der Waals surface area contributed by atoms with E-state index in [0.717, 1.165) is 12.1 Å². The fourth-order valence-electron chi connectivity index (χ4n) is 1.01. The lowest BCUT2D eigenvalue weighted by atomic mass is 10.1. The lowest BCUT2D eigenvalue weighted by Crippen LogP contribution is -1.85. The minimum Gasteiger partial charge on any atom is -0.205 e. The van der Waals surface area contributed by atoms with Gasteiger partial charge in [0, 0.05) is 6.42 Å². The number of benzene rings is 1. The average molecular weight is 190 g/mol. The molecule has 0 atom stereocenters. The molecule has 2 heteroatoms. The second kappa shape index (κ2) is 8.17. The smallest absolute Gasteiger partial charge is 0.0624 e. The van der Waals surface area contributed by atoms with Crippen molar-refractivity contribution < 1.29 is 0 Å². The van der Waals surface area contributed by atoms with Crippen molar-refractivity contribution >= 4 is 0 Å². The molecule has 14 heavy (non-hydrogen) atoms. The molecule has 2 nitrogen and oxygen atoms in total. The van der Waals surface area contributed by atoms with Crippen LogP contribution in [-0.2, 0) is 6.42 Å². The van der Waals surface area contributed by atoms with Gasteiger partial charge in [-0.3, -0.25) is 0 Å². The highest BCUT2D eigenvalue weighted by molar-refractivity contribution is 5.20. The minimum absolute atomic E-state index is 0.751. The molecule has 0 bridgehead atoms. The van der Waals surface area contributed by atoms with Gasteiger partial charge in [-0.25, -0.2) is 5.53 Å². The van der Waals surface area contributed by atoms with E-state index in [9.17, 15) is 0 Å². The van der Waals surface area contributed by atoms with E-state index in [0.29, 0.717) is 0 Å². The maximum atomic E-state index is 6.87. The van der Waals surface area contributed by atoms with Crippen LogP contribution in [0.5, 0.6) is 0 Å². The third-order valence-corrected chi connectivity index (χ3v) is 1.70. The monoisotopic (exact) mass is 190 g/mol. The number of nitrogens with zero attached hydrogens (tertiary/aromatic N) is 1. The molecule has 76 valence electrons. The second-order valence-corrected chi connectivity index (χ2v) is 2.55. The van der Waals surface area contributed by atoms with E-state index in [2.05, 4.69) is 5.11 Å². The van der Waals surface area contributed by atoms with Crippen LogP contribution in [0.3, 0.4) is 0 Å². The van der Waals surface area contributed by atoms with Crippen LogP contribution in [0, 0.1) is 5.53 Å². The Balaban J connectivity index is 0.000000791. The highest BCUT2D eigenvalue weighted by Gasteiger charge is 1.94. The van der Waals surface area contributed by atoms with Gasteiger partial charge in [0.15, 0.2) is 0 Å². The first-order chi connectivity index (χ1) is 6.86. The van der Waals surface area contributed by atoms with E-state index < -0.39 is 0 Å². The third-order valence-electron chi connectivity index (χ3n) is 1.70. The molecule has 0 saturated carbocycles. The Morgan fingerprint density at radius 3 is 2.29 bits per heavy atom. The minimum atomic E-state index is 0.751. The summed E-state index contributed by atoms with van der Waals surface area (Å²) in [4.78, 5) is 0. The topological polar surface area (TPSA) is 36.2 Å². The number of allylic oxidation sites excluding steroid dienone is 2. The molecular formula is C12H18N2. The largest absolute Gasteiger partial charge is 0.205 e. The quantitative estimate of drug-likeness (QED) is 0.694. The van der Waals surface area contributed by atoms with Gasteiger partial charge in [-0.05, 0) is 12.5 Å². The van der Waals surface area contributed by atoms with Gasteiger partial charge in [0.25, 0.3) is 0 Å². The van der Waals surface area contributed by atoms with Crippen LogP contribution in [0.15, 0.2) is 47.2 Å². The summed E-state index contributed by atoms with van der Waals surface area (Å²) in [5.74, 6) is 0. The van der Waals surface area contributed by atoms with Crippen molar-refractivity contribution in [2.24, 2.45) is 5.11 Å². The van der Waals surface area contributed by atoms with E-state index >= 15 is 0 Å². The Hall–Kier alpha value is -1.44. The van der Waals surface area contributed by atoms with Crippen LogP contribution in [0.1, 0.15) is 26.3 Å². The maximum absolute atomic E-state index is 6.87. The van der Waals surface area contributed by atoms with Crippen LogP contribution in [-0.4, -0.2) is 0 Å². The maximum Gasteiger partial charge on any atom is 0.0624 e. The Labute approximate surface area is 86.2 Å². The molecule has 0 radical (unpaired) electrons. The zero-order valence-electron chi connectivity index (χ0n) is 9.12.